The molecule has 0 aromatic heterocycles. The van der Waals surface area contributed by atoms with Crippen molar-refractivity contribution in [3.8, 4) is 0 Å². The summed E-state index contributed by atoms with van der Waals surface area (Å²) >= 11 is 0. The molecule has 23 heavy (non-hydrogen) atoms. The van der Waals surface area contributed by atoms with Crippen LogP contribution in [-0.4, -0.2) is 16.7 Å². The van der Waals surface area contributed by atoms with Gasteiger partial charge in [0.15, 0.2) is 0 Å². The Kier molecular flexibility index (Phi) is 5.85. The van der Waals surface area contributed by atoms with Gasteiger partial charge in [0.2, 0.25) is 5.91 Å². The second-order valence-electron chi connectivity index (χ2n) is 5.50. The van der Waals surface area contributed by atoms with Gasteiger partial charge in [-0.05, 0) is 36.6 Å². The van der Waals surface area contributed by atoms with Gasteiger partial charge in [-0.2, -0.15) is 0 Å². The lowest BCUT2D eigenvalue weighted by atomic mass is 9.89. The predicted molar refractivity (Wildman–Crippen MR) is 85.0 cm³/mol. The zero-order valence-corrected chi connectivity index (χ0v) is 12.7. The Morgan fingerprint density at radius 1 is 1.09 bits per heavy atom. The van der Waals surface area contributed by atoms with E-state index in [1.54, 1.807) is 12.1 Å². The highest BCUT2D eigenvalue weighted by molar-refractivity contribution is 5.93. The zero-order chi connectivity index (χ0) is 16.7. The van der Waals surface area contributed by atoms with Gasteiger partial charge in [0.1, 0.15) is 0 Å². The number of benzene rings is 1. The molecule has 0 unspecified atom stereocenters. The maximum atomic E-state index is 11.9. The molecule has 0 radical (unpaired) electrons. The monoisotopic (exact) mass is 317 g/mol. The van der Waals surface area contributed by atoms with Gasteiger partial charge in [0.25, 0.3) is 11.6 Å². The molecule has 1 aromatic rings. The number of nitro groups is 1. The van der Waals surface area contributed by atoms with E-state index in [4.69, 9.17) is 0 Å². The van der Waals surface area contributed by atoms with Crippen LogP contribution < -0.4 is 10.9 Å². The summed E-state index contributed by atoms with van der Waals surface area (Å²) < 4.78 is 0. The fourth-order valence-corrected chi connectivity index (χ4v) is 2.51. The Morgan fingerprint density at radius 2 is 1.74 bits per heavy atom. The average molecular weight is 317 g/mol. The van der Waals surface area contributed by atoms with Gasteiger partial charge in [-0.1, -0.05) is 19.3 Å². The van der Waals surface area contributed by atoms with E-state index in [-0.39, 0.29) is 17.5 Å². The maximum Gasteiger partial charge on any atom is 0.269 e. The number of nitro benzene ring substituents is 1. The van der Waals surface area contributed by atoms with E-state index in [0.717, 1.165) is 32.1 Å². The molecular weight excluding hydrogens is 298 g/mol. The highest BCUT2D eigenvalue weighted by Gasteiger charge is 2.20. The molecule has 0 atom stereocenters. The molecule has 1 saturated carbocycles. The van der Waals surface area contributed by atoms with Crippen LogP contribution in [0.1, 0.15) is 37.7 Å². The molecule has 0 aliphatic heterocycles. The molecule has 2 rings (SSSR count). The van der Waals surface area contributed by atoms with Gasteiger partial charge in [-0.25, -0.2) is 0 Å². The van der Waals surface area contributed by atoms with Crippen molar-refractivity contribution in [2.75, 3.05) is 0 Å². The second kappa shape index (κ2) is 8.07. The van der Waals surface area contributed by atoms with Crippen LogP contribution in [0, 0.1) is 16.0 Å². The standard InChI is InChI=1S/C16H19N3O4/c20-15(17-18-16(21)13-4-2-1-3-5-13)11-8-12-6-9-14(10-7-12)19(22)23/h6-11,13H,1-5H2,(H,17,20)(H,18,21)/b11-8+. The zero-order valence-electron chi connectivity index (χ0n) is 12.7. The molecule has 1 aliphatic carbocycles. The van der Waals surface area contributed by atoms with E-state index in [9.17, 15) is 19.7 Å². The number of hydrazine groups is 1. The van der Waals surface area contributed by atoms with Crippen LogP contribution in [0.3, 0.4) is 0 Å². The first-order valence-electron chi connectivity index (χ1n) is 7.58. The molecule has 0 bridgehead atoms. The van der Waals surface area contributed by atoms with Crippen LogP contribution >= 0.6 is 0 Å². The Bertz CT molecular complexity index is 604. The number of amides is 2. The van der Waals surface area contributed by atoms with Gasteiger partial charge in [-0.15, -0.1) is 0 Å². The fourth-order valence-electron chi connectivity index (χ4n) is 2.51. The third-order valence-electron chi connectivity index (χ3n) is 3.82. The van der Waals surface area contributed by atoms with Crippen molar-refractivity contribution in [3.63, 3.8) is 0 Å². The molecule has 0 spiro atoms. The Balaban J connectivity index is 1.79. The lowest BCUT2D eigenvalue weighted by Crippen LogP contribution is -2.44. The van der Waals surface area contributed by atoms with E-state index in [2.05, 4.69) is 10.9 Å². The number of nitrogens with zero attached hydrogens (tertiary/aromatic N) is 1. The van der Waals surface area contributed by atoms with Gasteiger partial charge < -0.3 is 0 Å². The third kappa shape index (κ3) is 5.21. The molecule has 1 fully saturated rings. The summed E-state index contributed by atoms with van der Waals surface area (Å²) in [4.78, 5) is 33.6. The van der Waals surface area contributed by atoms with E-state index < -0.39 is 10.8 Å². The first-order valence-corrected chi connectivity index (χ1v) is 7.58. The Hall–Kier alpha value is -2.70. The minimum atomic E-state index is -0.485. The summed E-state index contributed by atoms with van der Waals surface area (Å²) in [5.41, 5.74) is 5.43. The molecule has 1 aliphatic rings. The number of hydrogen-bond donors (Lipinski definition) is 2. The highest BCUT2D eigenvalue weighted by Crippen LogP contribution is 2.23. The summed E-state index contributed by atoms with van der Waals surface area (Å²) in [6.45, 7) is 0. The molecule has 7 heteroatoms. The lowest BCUT2D eigenvalue weighted by Gasteiger charge is -2.20. The highest BCUT2D eigenvalue weighted by atomic mass is 16.6. The minimum Gasteiger partial charge on any atom is -0.273 e. The number of nitrogens with one attached hydrogen (secondary N) is 2. The normalized spacial score (nSPS) is 15.3. The first kappa shape index (κ1) is 16.7. The van der Waals surface area contributed by atoms with Gasteiger partial charge in [-0.3, -0.25) is 30.6 Å². The van der Waals surface area contributed by atoms with Gasteiger partial charge >= 0.3 is 0 Å². The van der Waals surface area contributed by atoms with Crippen LogP contribution in [0.25, 0.3) is 6.08 Å². The summed E-state index contributed by atoms with van der Waals surface area (Å²) in [5, 5.41) is 10.5. The van der Waals surface area contributed by atoms with Crippen molar-refractivity contribution in [2.45, 2.75) is 32.1 Å². The van der Waals surface area contributed by atoms with Crippen molar-refractivity contribution < 1.29 is 14.5 Å². The minimum absolute atomic E-state index is 0.00801. The van der Waals surface area contributed by atoms with Crippen LogP contribution in [0.15, 0.2) is 30.3 Å². The predicted octanol–water partition coefficient (Wildman–Crippen LogP) is 2.34. The quantitative estimate of drug-likeness (QED) is 0.505. The first-order chi connectivity index (χ1) is 11.1. The van der Waals surface area contributed by atoms with Crippen molar-refractivity contribution in [1.82, 2.24) is 10.9 Å². The second-order valence-corrected chi connectivity index (χ2v) is 5.50. The van der Waals surface area contributed by atoms with E-state index in [1.165, 1.54) is 24.3 Å². The number of non-ortho nitro benzene ring substituents is 1. The van der Waals surface area contributed by atoms with Crippen LogP contribution in [0.5, 0.6) is 0 Å². The van der Waals surface area contributed by atoms with Crippen LogP contribution in [0.4, 0.5) is 5.69 Å². The number of carbonyl (C=O) groups excluding carboxylic acids is 2. The van der Waals surface area contributed by atoms with E-state index in [0.29, 0.717) is 5.56 Å². The summed E-state index contributed by atoms with van der Waals surface area (Å²) in [5.74, 6) is -0.628. The van der Waals surface area contributed by atoms with Crippen LogP contribution in [0.2, 0.25) is 0 Å². The Morgan fingerprint density at radius 3 is 2.35 bits per heavy atom. The number of carbonyl (C=O) groups is 2. The lowest BCUT2D eigenvalue weighted by molar-refractivity contribution is -0.384. The smallest absolute Gasteiger partial charge is 0.269 e. The fraction of sp³-hybridized carbons (Fsp3) is 0.375. The molecular formula is C16H19N3O4. The maximum absolute atomic E-state index is 11.9. The summed E-state index contributed by atoms with van der Waals surface area (Å²) in [6, 6.07) is 5.82. The molecule has 0 saturated heterocycles. The van der Waals surface area contributed by atoms with Crippen molar-refractivity contribution in [3.05, 3.63) is 46.0 Å². The van der Waals surface area contributed by atoms with Gasteiger partial charge in [0.05, 0.1) is 4.92 Å². The molecule has 2 N–H and O–H groups in total. The van der Waals surface area contributed by atoms with Crippen molar-refractivity contribution in [1.29, 1.82) is 0 Å². The van der Waals surface area contributed by atoms with Gasteiger partial charge in [0, 0.05) is 24.1 Å². The molecule has 7 nitrogen and oxygen atoms in total. The summed E-state index contributed by atoms with van der Waals surface area (Å²) in [6.07, 6.45) is 7.76. The van der Waals surface area contributed by atoms with Crippen molar-refractivity contribution >= 4 is 23.6 Å². The molecule has 1 aromatic carbocycles. The Labute approximate surface area is 133 Å². The van der Waals surface area contributed by atoms with Crippen LogP contribution in [-0.2, 0) is 9.59 Å². The van der Waals surface area contributed by atoms with Crippen molar-refractivity contribution in [2.24, 2.45) is 5.92 Å². The molecule has 122 valence electrons. The SMILES string of the molecule is O=C(/C=C/c1ccc([N+](=O)[O-])cc1)NNC(=O)C1CCCCC1. The molecule has 2 amide bonds. The summed E-state index contributed by atoms with van der Waals surface area (Å²) in [7, 11) is 0. The number of rotatable bonds is 4. The third-order valence-corrected chi connectivity index (χ3v) is 3.82. The topological polar surface area (TPSA) is 101 Å². The largest absolute Gasteiger partial charge is 0.273 e. The molecule has 0 heterocycles. The number of hydrogen-bond acceptors (Lipinski definition) is 4. The average Bonchev–Trinajstić information content (AvgIpc) is 2.59. The van der Waals surface area contributed by atoms with E-state index >= 15 is 0 Å². The van der Waals surface area contributed by atoms with E-state index in [1.807, 2.05) is 0 Å².